The zero-order chi connectivity index (χ0) is 14.3. The van der Waals surface area contributed by atoms with Crippen LogP contribution in [0.5, 0.6) is 5.75 Å². The standard InChI is InChI=1S/C16H16N4O/c1-2-5-13(6-3-1)14-8-10-15(11-9-14)21-12-4-7-16-17-19-20-18-16/h1-3,5-6,8-11H,4,7,12H2,(H,17,18,19,20). The van der Waals surface area contributed by atoms with E-state index >= 15 is 0 Å². The predicted octanol–water partition coefficient (Wildman–Crippen LogP) is 2.88. The summed E-state index contributed by atoms with van der Waals surface area (Å²) in [4.78, 5) is 0. The lowest BCUT2D eigenvalue weighted by Gasteiger charge is -2.06. The topological polar surface area (TPSA) is 63.7 Å². The van der Waals surface area contributed by atoms with Gasteiger partial charge in [-0.3, -0.25) is 0 Å². The van der Waals surface area contributed by atoms with Crippen molar-refractivity contribution in [1.82, 2.24) is 20.6 Å². The maximum absolute atomic E-state index is 5.71. The minimum Gasteiger partial charge on any atom is -0.494 e. The third-order valence-corrected chi connectivity index (χ3v) is 3.16. The molecule has 0 saturated carbocycles. The molecule has 0 spiro atoms. The Morgan fingerprint density at radius 1 is 0.905 bits per heavy atom. The van der Waals surface area contributed by atoms with E-state index in [-0.39, 0.29) is 0 Å². The number of nitrogens with zero attached hydrogens (tertiary/aromatic N) is 3. The molecular formula is C16H16N4O. The molecule has 3 aromatic rings. The minimum absolute atomic E-state index is 0.638. The molecule has 0 aliphatic carbocycles. The van der Waals surface area contributed by atoms with Gasteiger partial charge in [0.15, 0.2) is 5.82 Å². The van der Waals surface area contributed by atoms with Crippen LogP contribution in [0, 0.1) is 0 Å². The van der Waals surface area contributed by atoms with Crippen LogP contribution in [0.2, 0.25) is 0 Å². The van der Waals surface area contributed by atoms with E-state index in [1.807, 2.05) is 30.3 Å². The molecule has 0 saturated heterocycles. The van der Waals surface area contributed by atoms with Gasteiger partial charge in [-0.05, 0) is 29.7 Å². The van der Waals surface area contributed by atoms with Crippen LogP contribution in [0.1, 0.15) is 12.2 Å². The lowest BCUT2D eigenvalue weighted by Crippen LogP contribution is -2.00. The highest BCUT2D eigenvalue weighted by Gasteiger charge is 2.00. The van der Waals surface area contributed by atoms with Gasteiger partial charge in [0.1, 0.15) is 5.75 Å². The fourth-order valence-corrected chi connectivity index (χ4v) is 2.08. The first-order valence-electron chi connectivity index (χ1n) is 6.92. The molecule has 0 aliphatic heterocycles. The van der Waals surface area contributed by atoms with Crippen molar-refractivity contribution in [2.45, 2.75) is 12.8 Å². The summed E-state index contributed by atoms with van der Waals surface area (Å²) in [6.45, 7) is 0.638. The molecule has 0 atom stereocenters. The van der Waals surface area contributed by atoms with Crippen molar-refractivity contribution in [3.8, 4) is 16.9 Å². The first-order valence-corrected chi connectivity index (χ1v) is 6.92. The molecule has 1 N–H and O–H groups in total. The number of aryl methyl sites for hydroxylation is 1. The van der Waals surface area contributed by atoms with Gasteiger partial charge < -0.3 is 4.74 Å². The number of aromatic nitrogens is 4. The first-order chi connectivity index (χ1) is 10.4. The van der Waals surface area contributed by atoms with E-state index in [0.29, 0.717) is 6.61 Å². The third kappa shape index (κ3) is 3.66. The van der Waals surface area contributed by atoms with E-state index < -0.39 is 0 Å². The fraction of sp³-hybridized carbons (Fsp3) is 0.188. The first kappa shape index (κ1) is 13.3. The van der Waals surface area contributed by atoms with Crippen molar-refractivity contribution >= 4 is 0 Å². The van der Waals surface area contributed by atoms with E-state index in [2.05, 4.69) is 44.9 Å². The van der Waals surface area contributed by atoms with Crippen LogP contribution in [-0.2, 0) is 6.42 Å². The average Bonchev–Trinajstić information content (AvgIpc) is 3.06. The number of tetrazole rings is 1. The number of ether oxygens (including phenoxy) is 1. The zero-order valence-electron chi connectivity index (χ0n) is 11.6. The van der Waals surface area contributed by atoms with E-state index in [4.69, 9.17) is 4.74 Å². The average molecular weight is 280 g/mol. The van der Waals surface area contributed by atoms with Crippen LogP contribution in [-0.4, -0.2) is 27.2 Å². The molecule has 106 valence electrons. The lowest BCUT2D eigenvalue weighted by molar-refractivity contribution is 0.310. The van der Waals surface area contributed by atoms with Crippen molar-refractivity contribution in [3.63, 3.8) is 0 Å². The highest BCUT2D eigenvalue weighted by Crippen LogP contribution is 2.22. The van der Waals surface area contributed by atoms with Gasteiger partial charge in [-0.15, -0.1) is 10.2 Å². The van der Waals surface area contributed by atoms with Crippen LogP contribution in [0.4, 0.5) is 0 Å². The number of rotatable bonds is 6. The Kier molecular flexibility index (Phi) is 4.21. The number of nitrogens with one attached hydrogen (secondary N) is 1. The summed E-state index contributed by atoms with van der Waals surface area (Å²) in [5.74, 6) is 1.60. The largest absolute Gasteiger partial charge is 0.494 e. The Labute approximate surface area is 123 Å². The summed E-state index contributed by atoms with van der Waals surface area (Å²) in [6, 6.07) is 18.4. The summed E-state index contributed by atoms with van der Waals surface area (Å²) >= 11 is 0. The molecule has 21 heavy (non-hydrogen) atoms. The van der Waals surface area contributed by atoms with Crippen LogP contribution < -0.4 is 4.74 Å². The fourth-order valence-electron chi connectivity index (χ4n) is 2.08. The second-order valence-corrected chi connectivity index (χ2v) is 4.67. The number of H-pyrrole nitrogens is 1. The zero-order valence-corrected chi connectivity index (χ0v) is 11.6. The number of benzene rings is 2. The molecular weight excluding hydrogens is 264 g/mol. The van der Waals surface area contributed by atoms with Crippen LogP contribution in [0.3, 0.4) is 0 Å². The van der Waals surface area contributed by atoms with Gasteiger partial charge in [-0.2, -0.15) is 5.21 Å². The summed E-state index contributed by atoms with van der Waals surface area (Å²) in [5.41, 5.74) is 2.40. The molecule has 2 aromatic carbocycles. The maximum Gasteiger partial charge on any atom is 0.174 e. The molecule has 3 rings (SSSR count). The molecule has 1 heterocycles. The molecule has 5 heteroatoms. The van der Waals surface area contributed by atoms with Crippen molar-refractivity contribution in [2.24, 2.45) is 0 Å². The number of hydrogen-bond acceptors (Lipinski definition) is 4. The molecule has 0 unspecified atom stereocenters. The van der Waals surface area contributed by atoms with Crippen LogP contribution in [0.25, 0.3) is 11.1 Å². The van der Waals surface area contributed by atoms with E-state index in [1.54, 1.807) is 0 Å². The van der Waals surface area contributed by atoms with E-state index in [1.165, 1.54) is 11.1 Å². The Hall–Kier alpha value is -2.69. The molecule has 5 nitrogen and oxygen atoms in total. The summed E-state index contributed by atoms with van der Waals surface area (Å²) in [7, 11) is 0. The van der Waals surface area contributed by atoms with Gasteiger partial charge in [-0.1, -0.05) is 47.7 Å². The third-order valence-electron chi connectivity index (χ3n) is 3.16. The molecule has 0 aliphatic rings. The number of aromatic amines is 1. The van der Waals surface area contributed by atoms with Gasteiger partial charge in [-0.25, -0.2) is 0 Å². The van der Waals surface area contributed by atoms with Crippen molar-refractivity contribution in [3.05, 3.63) is 60.4 Å². The van der Waals surface area contributed by atoms with E-state index in [0.717, 1.165) is 24.4 Å². The second kappa shape index (κ2) is 6.65. The van der Waals surface area contributed by atoms with Crippen molar-refractivity contribution in [1.29, 1.82) is 0 Å². The van der Waals surface area contributed by atoms with Crippen molar-refractivity contribution in [2.75, 3.05) is 6.61 Å². The smallest absolute Gasteiger partial charge is 0.174 e. The second-order valence-electron chi connectivity index (χ2n) is 4.67. The quantitative estimate of drug-likeness (QED) is 0.705. The summed E-state index contributed by atoms with van der Waals surface area (Å²) in [5, 5.41) is 13.8. The van der Waals surface area contributed by atoms with Gasteiger partial charge >= 0.3 is 0 Å². The summed E-state index contributed by atoms with van der Waals surface area (Å²) in [6.07, 6.45) is 1.62. The Balaban J connectivity index is 1.50. The lowest BCUT2D eigenvalue weighted by atomic mass is 10.1. The van der Waals surface area contributed by atoms with Crippen LogP contribution >= 0.6 is 0 Å². The van der Waals surface area contributed by atoms with Crippen LogP contribution in [0.15, 0.2) is 54.6 Å². The van der Waals surface area contributed by atoms with Gasteiger partial charge in [0.2, 0.25) is 0 Å². The molecule has 0 bridgehead atoms. The van der Waals surface area contributed by atoms with Gasteiger partial charge in [0.25, 0.3) is 0 Å². The van der Waals surface area contributed by atoms with Gasteiger partial charge in [0, 0.05) is 6.42 Å². The highest BCUT2D eigenvalue weighted by atomic mass is 16.5. The van der Waals surface area contributed by atoms with Gasteiger partial charge in [0.05, 0.1) is 6.61 Å². The Morgan fingerprint density at radius 3 is 2.38 bits per heavy atom. The Bertz CT molecular complexity index is 651. The molecule has 1 aromatic heterocycles. The monoisotopic (exact) mass is 280 g/mol. The minimum atomic E-state index is 0.638. The SMILES string of the molecule is c1ccc(-c2ccc(OCCCc3nn[nH]n3)cc2)cc1. The predicted molar refractivity (Wildman–Crippen MR) is 79.9 cm³/mol. The molecule has 0 radical (unpaired) electrons. The van der Waals surface area contributed by atoms with E-state index in [9.17, 15) is 0 Å². The van der Waals surface area contributed by atoms with Crippen molar-refractivity contribution < 1.29 is 4.74 Å². The molecule has 0 fully saturated rings. The highest BCUT2D eigenvalue weighted by molar-refractivity contribution is 5.63. The molecule has 0 amide bonds. The Morgan fingerprint density at radius 2 is 1.67 bits per heavy atom. The summed E-state index contributed by atoms with van der Waals surface area (Å²) < 4.78 is 5.71. The number of hydrogen-bond donors (Lipinski definition) is 1. The normalized spacial score (nSPS) is 10.5. The maximum atomic E-state index is 5.71.